The Balaban J connectivity index is 1.60. The topological polar surface area (TPSA) is 122 Å². The fraction of sp³-hybridized carbons (Fsp3) is 0.136. The lowest BCUT2D eigenvalue weighted by Crippen LogP contribution is -2.23. The predicted molar refractivity (Wildman–Crippen MR) is 124 cm³/mol. The molecule has 3 heterocycles. The monoisotopic (exact) mass is 467 g/mol. The van der Waals surface area contributed by atoms with Crippen LogP contribution in [-0.2, 0) is 11.2 Å². The maximum atomic E-state index is 10.6. The molecule has 0 spiro atoms. The number of aldehydes is 1. The smallest absolute Gasteiger partial charge is 0.147 e. The Morgan fingerprint density at radius 1 is 1.09 bits per heavy atom. The van der Waals surface area contributed by atoms with E-state index in [1.54, 1.807) is 49.1 Å². The van der Waals surface area contributed by atoms with Crippen LogP contribution in [0.25, 0.3) is 22.6 Å². The highest BCUT2D eigenvalue weighted by Crippen LogP contribution is 2.34. The lowest BCUT2D eigenvalue weighted by Gasteiger charge is -2.15. The molecule has 4 rings (SSSR count). The van der Waals surface area contributed by atoms with Gasteiger partial charge in [-0.3, -0.25) is 0 Å². The van der Waals surface area contributed by atoms with Crippen molar-refractivity contribution in [3.63, 3.8) is 0 Å². The second-order valence-electron chi connectivity index (χ2n) is 6.96. The minimum atomic E-state index is -0.512. The molecule has 10 heteroatoms. The van der Waals surface area contributed by atoms with E-state index in [1.807, 2.05) is 6.07 Å². The van der Waals surface area contributed by atoms with E-state index >= 15 is 0 Å². The first-order valence-corrected chi connectivity index (χ1v) is 10.5. The minimum Gasteiger partial charge on any atom is -0.368 e. The maximum absolute atomic E-state index is 10.6. The minimum absolute atomic E-state index is 0.332. The van der Waals surface area contributed by atoms with Crippen molar-refractivity contribution >= 4 is 35.3 Å². The Hall–Kier alpha value is -3.33. The van der Waals surface area contributed by atoms with Gasteiger partial charge in [-0.25, -0.2) is 19.9 Å². The molecule has 1 aromatic carbocycles. The second kappa shape index (κ2) is 9.86. The van der Waals surface area contributed by atoms with Gasteiger partial charge in [0.15, 0.2) is 0 Å². The summed E-state index contributed by atoms with van der Waals surface area (Å²) >= 11 is 12.5. The molecule has 0 saturated heterocycles. The van der Waals surface area contributed by atoms with Crippen molar-refractivity contribution in [2.45, 2.75) is 12.5 Å². The molecule has 4 N–H and O–H groups in total. The zero-order chi connectivity index (χ0) is 22.5. The van der Waals surface area contributed by atoms with Crippen LogP contribution in [0.3, 0.4) is 0 Å². The number of anilines is 1. The van der Waals surface area contributed by atoms with E-state index in [4.69, 9.17) is 33.9 Å². The number of carbonyl (C=O) groups excluding carboxylic acids is 1. The molecule has 32 heavy (non-hydrogen) atoms. The van der Waals surface area contributed by atoms with E-state index in [0.717, 1.165) is 11.8 Å². The van der Waals surface area contributed by atoms with Crippen LogP contribution in [0.4, 0.5) is 5.82 Å². The van der Waals surface area contributed by atoms with E-state index in [2.05, 4.69) is 25.3 Å². The molecule has 0 bridgehead atoms. The number of aromatic amines is 1. The molecule has 0 aliphatic rings. The lowest BCUT2D eigenvalue weighted by molar-refractivity contribution is -0.107. The molecule has 1 unspecified atom stereocenters. The van der Waals surface area contributed by atoms with Gasteiger partial charge in [-0.1, -0.05) is 29.3 Å². The number of nitrogens with two attached hydrogens (primary N) is 1. The average molecular weight is 468 g/mol. The summed E-state index contributed by atoms with van der Waals surface area (Å²) in [7, 11) is 0. The van der Waals surface area contributed by atoms with Crippen molar-refractivity contribution in [2.24, 2.45) is 5.73 Å². The van der Waals surface area contributed by atoms with Gasteiger partial charge in [-0.15, -0.1) is 0 Å². The van der Waals surface area contributed by atoms with Gasteiger partial charge in [0.2, 0.25) is 0 Å². The van der Waals surface area contributed by atoms with Crippen LogP contribution in [0.1, 0.15) is 17.4 Å². The number of benzene rings is 1. The Labute approximate surface area is 194 Å². The van der Waals surface area contributed by atoms with E-state index in [0.29, 0.717) is 57.3 Å². The molecule has 162 valence electrons. The van der Waals surface area contributed by atoms with Crippen LogP contribution in [0.15, 0.2) is 55.1 Å². The van der Waals surface area contributed by atoms with Crippen LogP contribution in [0.5, 0.6) is 0 Å². The van der Waals surface area contributed by atoms with Crippen molar-refractivity contribution in [1.82, 2.24) is 24.9 Å². The fourth-order valence-corrected chi connectivity index (χ4v) is 3.60. The van der Waals surface area contributed by atoms with Crippen molar-refractivity contribution in [1.29, 1.82) is 0 Å². The first kappa shape index (κ1) is 21.9. The summed E-state index contributed by atoms with van der Waals surface area (Å²) in [5.41, 5.74) is 9.18. The maximum Gasteiger partial charge on any atom is 0.147 e. The van der Waals surface area contributed by atoms with Crippen LogP contribution in [0.2, 0.25) is 10.0 Å². The number of nitrogens with one attached hydrogen (secondary N) is 2. The normalized spacial score (nSPS) is 11.8. The number of aromatic nitrogens is 5. The third-order valence-electron chi connectivity index (χ3n) is 4.73. The van der Waals surface area contributed by atoms with Gasteiger partial charge in [0.25, 0.3) is 0 Å². The van der Waals surface area contributed by atoms with Crippen molar-refractivity contribution in [3.05, 3.63) is 76.6 Å². The van der Waals surface area contributed by atoms with Crippen LogP contribution in [0, 0.1) is 0 Å². The zero-order valence-corrected chi connectivity index (χ0v) is 18.3. The summed E-state index contributed by atoms with van der Waals surface area (Å²) in [5.74, 6) is 1.69. The fourth-order valence-electron chi connectivity index (χ4n) is 3.10. The average Bonchev–Trinajstić information content (AvgIpc) is 3.33. The Morgan fingerprint density at radius 2 is 1.97 bits per heavy atom. The quantitative estimate of drug-likeness (QED) is 0.333. The third-order valence-corrected chi connectivity index (χ3v) is 5.27. The summed E-state index contributed by atoms with van der Waals surface area (Å²) in [6.07, 6.45) is 7.87. The summed E-state index contributed by atoms with van der Waals surface area (Å²) in [6, 6.07) is 8.33. The Bertz CT molecular complexity index is 1210. The van der Waals surface area contributed by atoms with Crippen molar-refractivity contribution in [2.75, 3.05) is 11.9 Å². The molecule has 1 atom stereocenters. The lowest BCUT2D eigenvalue weighted by atomic mass is 10.1. The van der Waals surface area contributed by atoms with E-state index in [-0.39, 0.29) is 0 Å². The van der Waals surface area contributed by atoms with Gasteiger partial charge < -0.3 is 20.8 Å². The van der Waals surface area contributed by atoms with Crippen LogP contribution < -0.4 is 11.1 Å². The molecule has 0 amide bonds. The summed E-state index contributed by atoms with van der Waals surface area (Å²) in [6.45, 7) is 0.355. The molecule has 0 aliphatic carbocycles. The number of hydrogen-bond donors (Lipinski definition) is 3. The summed E-state index contributed by atoms with van der Waals surface area (Å²) < 4.78 is 0. The van der Waals surface area contributed by atoms with Crippen molar-refractivity contribution in [3.8, 4) is 22.6 Å². The number of rotatable bonds is 8. The van der Waals surface area contributed by atoms with Crippen LogP contribution in [-0.4, -0.2) is 37.8 Å². The summed E-state index contributed by atoms with van der Waals surface area (Å²) in [5, 5.41) is 4.15. The van der Waals surface area contributed by atoms with E-state index in [9.17, 15) is 4.79 Å². The number of H-pyrrole nitrogens is 1. The molecule has 4 aromatic rings. The predicted octanol–water partition coefficient (Wildman–Crippen LogP) is 4.09. The van der Waals surface area contributed by atoms with Gasteiger partial charge in [0.05, 0.1) is 22.3 Å². The number of carbonyl (C=O) groups is 1. The molecule has 0 radical (unpaired) electrons. The van der Waals surface area contributed by atoms with Gasteiger partial charge >= 0.3 is 0 Å². The van der Waals surface area contributed by atoms with E-state index in [1.165, 1.54) is 0 Å². The van der Waals surface area contributed by atoms with Gasteiger partial charge in [0, 0.05) is 48.3 Å². The number of pyridine rings is 1. The highest BCUT2D eigenvalue weighted by molar-refractivity contribution is 6.36. The molecule has 0 saturated carbocycles. The highest BCUT2D eigenvalue weighted by Gasteiger charge is 2.19. The third kappa shape index (κ3) is 4.94. The largest absolute Gasteiger partial charge is 0.368 e. The SMILES string of the molecule is NC(CNc1ccc(CC=O)cn1)c1ncc(-c2ncc[nH]2)c(-c2ccc(Cl)cc2Cl)n1. The van der Waals surface area contributed by atoms with Crippen molar-refractivity contribution < 1.29 is 4.79 Å². The van der Waals surface area contributed by atoms with Gasteiger partial charge in [-0.2, -0.15) is 0 Å². The molecule has 8 nitrogen and oxygen atoms in total. The summed E-state index contributed by atoms with van der Waals surface area (Å²) in [4.78, 5) is 31.4. The Kier molecular flexibility index (Phi) is 6.75. The molecular weight excluding hydrogens is 449 g/mol. The standard InChI is InChI=1S/C22H19Cl2N7O/c23-14-2-3-15(17(24)9-14)20-16(21-26-6-7-27-21)11-30-22(31-20)18(25)12-29-19-4-1-13(5-8-32)10-28-19/h1-4,6-11,18H,5,12,25H2,(H,26,27)(H,28,29). The number of nitrogens with zero attached hydrogens (tertiary/aromatic N) is 4. The molecular formula is C22H19Cl2N7O. The number of halogens is 2. The molecule has 3 aromatic heterocycles. The van der Waals surface area contributed by atoms with Crippen LogP contribution >= 0.6 is 23.2 Å². The number of hydrogen-bond acceptors (Lipinski definition) is 7. The second-order valence-corrected chi connectivity index (χ2v) is 7.81. The molecule has 0 aliphatic heterocycles. The zero-order valence-electron chi connectivity index (χ0n) is 16.8. The number of imidazole rings is 1. The van der Waals surface area contributed by atoms with Gasteiger partial charge in [-0.05, 0) is 29.8 Å². The first-order valence-electron chi connectivity index (χ1n) is 9.75. The Morgan fingerprint density at radius 3 is 2.66 bits per heavy atom. The van der Waals surface area contributed by atoms with Gasteiger partial charge in [0.1, 0.15) is 23.8 Å². The van der Waals surface area contributed by atoms with E-state index < -0.39 is 6.04 Å². The first-order chi connectivity index (χ1) is 15.5. The molecule has 0 fully saturated rings. The highest BCUT2D eigenvalue weighted by atomic mass is 35.5.